The Labute approximate surface area is 89.0 Å². The summed E-state index contributed by atoms with van der Waals surface area (Å²) in [7, 11) is 0. The highest BCUT2D eigenvalue weighted by Crippen LogP contribution is 2.04. The zero-order valence-electron chi connectivity index (χ0n) is 8.34. The third kappa shape index (κ3) is 4.57. The van der Waals surface area contributed by atoms with Gasteiger partial charge in [0.15, 0.2) is 5.17 Å². The highest BCUT2D eigenvalue weighted by atomic mass is 35.5. The molecule has 0 atom stereocenters. The molecule has 0 fully saturated rings. The molecule has 0 aliphatic heterocycles. The topological polar surface area (TPSA) is 76.4 Å². The predicted molar refractivity (Wildman–Crippen MR) is 61.5 cm³/mol. The van der Waals surface area contributed by atoms with Crippen LogP contribution < -0.4 is 16.8 Å². The van der Waals surface area contributed by atoms with E-state index >= 15 is 0 Å². The van der Waals surface area contributed by atoms with Crippen LogP contribution in [-0.4, -0.2) is 5.17 Å². The van der Waals surface area contributed by atoms with Crippen molar-refractivity contribution in [2.45, 2.75) is 13.8 Å². The van der Waals surface area contributed by atoms with Crippen LogP contribution in [0.1, 0.15) is 13.8 Å². The summed E-state index contributed by atoms with van der Waals surface area (Å²) in [6.45, 7) is 6.99. The Kier molecular flexibility index (Phi) is 5.48. The van der Waals surface area contributed by atoms with Crippen molar-refractivity contribution in [3.05, 3.63) is 36.1 Å². The second-order valence-corrected chi connectivity index (χ2v) is 2.95. The first kappa shape index (κ1) is 12.6. The molecule has 5 heteroatoms. The van der Waals surface area contributed by atoms with Gasteiger partial charge in [0.1, 0.15) is 5.82 Å². The van der Waals surface area contributed by atoms with Crippen molar-refractivity contribution in [2.75, 3.05) is 0 Å². The van der Waals surface area contributed by atoms with Crippen molar-refractivity contribution in [2.24, 2.45) is 16.5 Å². The monoisotopic (exact) mass is 214 g/mol. The zero-order valence-corrected chi connectivity index (χ0v) is 9.10. The molecule has 4 nitrogen and oxygen atoms in total. The third-order valence-corrected chi connectivity index (χ3v) is 1.51. The molecule has 14 heavy (non-hydrogen) atoms. The van der Waals surface area contributed by atoms with Crippen LogP contribution in [0.3, 0.4) is 0 Å². The summed E-state index contributed by atoms with van der Waals surface area (Å²) in [5, 5.41) is 3.08. The largest absolute Gasteiger partial charge is 0.401 e. The van der Waals surface area contributed by atoms with Crippen LogP contribution in [0.25, 0.3) is 0 Å². The maximum Gasteiger partial charge on any atom is 0.156 e. The van der Waals surface area contributed by atoms with Gasteiger partial charge in [-0.25, -0.2) is 4.99 Å². The van der Waals surface area contributed by atoms with Crippen LogP contribution in [0.2, 0.25) is 0 Å². The lowest BCUT2D eigenvalue weighted by atomic mass is 10.3. The van der Waals surface area contributed by atoms with Crippen LogP contribution in [0, 0.1) is 0 Å². The smallest absolute Gasteiger partial charge is 0.156 e. The maximum atomic E-state index is 5.85. The molecule has 0 saturated heterocycles. The van der Waals surface area contributed by atoms with Crippen molar-refractivity contribution in [3.8, 4) is 0 Å². The third-order valence-electron chi connectivity index (χ3n) is 1.24. The van der Waals surface area contributed by atoms with E-state index in [1.165, 1.54) is 0 Å². The molecule has 0 unspecified atom stereocenters. The molecule has 0 aromatic carbocycles. The lowest BCUT2D eigenvalue weighted by Gasteiger charge is -2.07. The summed E-state index contributed by atoms with van der Waals surface area (Å²) in [5.41, 5.74) is 11.9. The summed E-state index contributed by atoms with van der Waals surface area (Å²) in [6, 6.07) is 0. The quantitative estimate of drug-likeness (QED) is 0.619. The van der Waals surface area contributed by atoms with Crippen LogP contribution in [0.4, 0.5) is 0 Å². The Balaban J connectivity index is 4.86. The van der Waals surface area contributed by atoms with Gasteiger partial charge >= 0.3 is 0 Å². The number of nitrogens with zero attached hydrogens (tertiary/aromatic N) is 1. The Hall–Kier alpha value is -1.42. The number of hydrogen-bond acceptors (Lipinski definition) is 4. The van der Waals surface area contributed by atoms with Crippen LogP contribution in [0.5, 0.6) is 0 Å². The summed E-state index contributed by atoms with van der Waals surface area (Å²) in [4.78, 5) is 3.78. The lowest BCUT2D eigenvalue weighted by Crippen LogP contribution is -2.17. The van der Waals surface area contributed by atoms with Gasteiger partial charge in [0.25, 0.3) is 0 Å². The Morgan fingerprint density at radius 1 is 1.50 bits per heavy atom. The summed E-state index contributed by atoms with van der Waals surface area (Å²) in [5.74, 6) is 0.135. The van der Waals surface area contributed by atoms with E-state index in [-0.39, 0.29) is 11.0 Å². The number of halogens is 1. The molecule has 0 radical (unpaired) electrons. The van der Waals surface area contributed by atoms with E-state index in [2.05, 4.69) is 16.9 Å². The summed E-state index contributed by atoms with van der Waals surface area (Å²) >= 11 is 5.85. The van der Waals surface area contributed by atoms with Crippen molar-refractivity contribution in [1.29, 1.82) is 0 Å². The van der Waals surface area contributed by atoms with Gasteiger partial charge in [-0.1, -0.05) is 24.3 Å². The minimum absolute atomic E-state index is 0.135. The fraction of sp³-hybridized carbons (Fsp3) is 0.222. The van der Waals surface area contributed by atoms with Crippen LogP contribution >= 0.6 is 11.6 Å². The highest BCUT2D eigenvalue weighted by molar-refractivity contribution is 6.69. The van der Waals surface area contributed by atoms with E-state index in [0.29, 0.717) is 11.4 Å². The van der Waals surface area contributed by atoms with Gasteiger partial charge in [-0.3, -0.25) is 0 Å². The second kappa shape index (κ2) is 6.10. The number of rotatable bonds is 4. The van der Waals surface area contributed by atoms with Crippen molar-refractivity contribution >= 4 is 16.8 Å². The fourth-order valence-electron chi connectivity index (χ4n) is 0.685. The van der Waals surface area contributed by atoms with Crippen molar-refractivity contribution in [1.82, 2.24) is 5.32 Å². The molecule has 78 valence electrons. The lowest BCUT2D eigenvalue weighted by molar-refractivity contribution is 1.07. The van der Waals surface area contributed by atoms with Crippen LogP contribution in [0.15, 0.2) is 41.1 Å². The van der Waals surface area contributed by atoms with Crippen molar-refractivity contribution < 1.29 is 0 Å². The van der Waals surface area contributed by atoms with Gasteiger partial charge in [-0.2, -0.15) is 0 Å². The first-order valence-corrected chi connectivity index (χ1v) is 4.39. The fourth-order valence-corrected chi connectivity index (χ4v) is 0.997. The average molecular weight is 215 g/mol. The van der Waals surface area contributed by atoms with Gasteiger partial charge in [-0.15, -0.1) is 0 Å². The molecule has 0 rings (SSSR count). The van der Waals surface area contributed by atoms with Gasteiger partial charge < -0.3 is 16.8 Å². The number of allylic oxidation sites excluding steroid dienone is 3. The normalized spacial score (nSPS) is 14.1. The minimum Gasteiger partial charge on any atom is -0.401 e. The average Bonchev–Trinajstić information content (AvgIpc) is 2.02. The standard InChI is InChI=1S/C9H15ClN4/c1-4-5-13-8(6(2)11)9(10)14-7(3)12/h4-5,13H,3,11-12H2,1-2H3/b5-4-,8-6+,14-9+. The highest BCUT2D eigenvalue weighted by Gasteiger charge is 2.04. The molecule has 5 N–H and O–H groups in total. The van der Waals surface area contributed by atoms with E-state index in [9.17, 15) is 0 Å². The molecular formula is C9H15ClN4. The molecule has 0 saturated carbocycles. The molecule has 0 aromatic rings. The first-order chi connectivity index (χ1) is 6.49. The number of aliphatic imine (C=N–C) groups is 1. The number of hydrogen-bond donors (Lipinski definition) is 3. The molecule has 0 aliphatic carbocycles. The maximum absolute atomic E-state index is 5.85. The SMILES string of the molecule is C=C(N)/N=C(Cl)\C(N/C=C\C)=C(\C)N. The Morgan fingerprint density at radius 2 is 2.07 bits per heavy atom. The summed E-state index contributed by atoms with van der Waals surface area (Å²) < 4.78 is 0. The molecule has 0 heterocycles. The first-order valence-electron chi connectivity index (χ1n) is 4.02. The molecule has 0 amide bonds. The van der Waals surface area contributed by atoms with E-state index < -0.39 is 0 Å². The number of nitrogens with two attached hydrogens (primary N) is 2. The molecule has 0 aromatic heterocycles. The predicted octanol–water partition coefficient (Wildman–Crippen LogP) is 1.37. The summed E-state index contributed by atoms with van der Waals surface area (Å²) in [6.07, 6.45) is 3.51. The molecular weight excluding hydrogens is 200 g/mol. The minimum atomic E-state index is 0.135. The van der Waals surface area contributed by atoms with E-state index in [1.807, 2.05) is 13.0 Å². The van der Waals surface area contributed by atoms with Crippen LogP contribution in [-0.2, 0) is 0 Å². The van der Waals surface area contributed by atoms with E-state index in [0.717, 1.165) is 0 Å². The van der Waals surface area contributed by atoms with Gasteiger partial charge in [0.2, 0.25) is 0 Å². The van der Waals surface area contributed by atoms with Gasteiger partial charge in [-0.05, 0) is 20.0 Å². The Morgan fingerprint density at radius 3 is 2.43 bits per heavy atom. The molecule has 0 spiro atoms. The number of nitrogens with one attached hydrogen (secondary N) is 1. The molecule has 0 bridgehead atoms. The zero-order chi connectivity index (χ0) is 11.1. The molecule has 0 aliphatic rings. The second-order valence-electron chi connectivity index (χ2n) is 2.60. The van der Waals surface area contributed by atoms with Crippen molar-refractivity contribution in [3.63, 3.8) is 0 Å². The van der Waals surface area contributed by atoms with Gasteiger partial charge in [0.05, 0.1) is 5.70 Å². The van der Waals surface area contributed by atoms with E-state index in [1.54, 1.807) is 13.1 Å². The Bertz CT molecular complexity index is 298. The van der Waals surface area contributed by atoms with E-state index in [4.69, 9.17) is 23.1 Å². The van der Waals surface area contributed by atoms with Gasteiger partial charge in [0, 0.05) is 5.70 Å².